The van der Waals surface area contributed by atoms with Crippen molar-refractivity contribution in [3.05, 3.63) is 29.6 Å². The van der Waals surface area contributed by atoms with Crippen molar-refractivity contribution in [3.8, 4) is 5.75 Å². The zero-order valence-electron chi connectivity index (χ0n) is 7.19. The van der Waals surface area contributed by atoms with Gasteiger partial charge in [-0.1, -0.05) is 0 Å². The van der Waals surface area contributed by atoms with E-state index in [2.05, 4.69) is 0 Å². The normalized spacial score (nSPS) is 15.1. The van der Waals surface area contributed by atoms with E-state index in [0.29, 0.717) is 0 Å². The van der Waals surface area contributed by atoms with Gasteiger partial charge < -0.3 is 15.3 Å². The highest BCUT2D eigenvalue weighted by molar-refractivity contribution is 6.18. The van der Waals surface area contributed by atoms with Gasteiger partial charge in [-0.05, 0) is 12.1 Å². The summed E-state index contributed by atoms with van der Waals surface area (Å²) in [6, 6.07) is 3.14. The van der Waals surface area contributed by atoms with Crippen molar-refractivity contribution in [1.29, 1.82) is 0 Å². The van der Waals surface area contributed by atoms with Crippen molar-refractivity contribution >= 4 is 11.6 Å². The van der Waals surface area contributed by atoms with Crippen molar-refractivity contribution in [1.82, 2.24) is 0 Å². The molecule has 0 heterocycles. The van der Waals surface area contributed by atoms with Crippen molar-refractivity contribution in [3.63, 3.8) is 0 Å². The number of benzene rings is 1. The van der Waals surface area contributed by atoms with Crippen LogP contribution in [0.15, 0.2) is 18.2 Å². The smallest absolute Gasteiger partial charge is 0.126 e. The Bertz CT molecular complexity index is 319. The lowest BCUT2D eigenvalue weighted by Crippen LogP contribution is -2.19. The van der Waals surface area contributed by atoms with Gasteiger partial charge in [0.15, 0.2) is 0 Å². The molecule has 1 aromatic rings. The molecule has 0 aliphatic heterocycles. The molecule has 3 nitrogen and oxygen atoms in total. The first-order chi connectivity index (χ1) is 6.56. The summed E-state index contributed by atoms with van der Waals surface area (Å²) >= 11 is 5.31. The Hall–Kier alpha value is -0.840. The molecule has 0 aliphatic rings. The zero-order chi connectivity index (χ0) is 10.7. The summed E-state index contributed by atoms with van der Waals surface area (Å²) in [7, 11) is 0. The van der Waals surface area contributed by atoms with E-state index >= 15 is 0 Å². The van der Waals surface area contributed by atoms with E-state index in [1.807, 2.05) is 0 Å². The van der Waals surface area contributed by atoms with Gasteiger partial charge in [-0.25, -0.2) is 4.39 Å². The third-order valence-electron chi connectivity index (χ3n) is 1.83. The first-order valence-electron chi connectivity index (χ1n) is 3.96. The second kappa shape index (κ2) is 4.59. The minimum absolute atomic E-state index is 0.0551. The van der Waals surface area contributed by atoms with E-state index in [-0.39, 0.29) is 11.4 Å². The maximum absolute atomic E-state index is 12.6. The number of phenolic OH excluding ortho intramolecular Hbond substituents is 1. The molecule has 1 aromatic carbocycles. The van der Waals surface area contributed by atoms with Crippen LogP contribution in [-0.2, 0) is 0 Å². The number of alkyl halides is 1. The van der Waals surface area contributed by atoms with Crippen LogP contribution in [0.3, 0.4) is 0 Å². The number of aliphatic hydroxyl groups is 2. The lowest BCUT2D eigenvalue weighted by molar-refractivity contribution is 0.0312. The van der Waals surface area contributed by atoms with Crippen LogP contribution in [0.1, 0.15) is 11.7 Å². The fourth-order valence-corrected chi connectivity index (χ4v) is 1.23. The average Bonchev–Trinajstić information content (AvgIpc) is 2.15. The van der Waals surface area contributed by atoms with Crippen LogP contribution in [0, 0.1) is 5.82 Å². The highest BCUT2D eigenvalue weighted by Crippen LogP contribution is 2.27. The van der Waals surface area contributed by atoms with E-state index in [9.17, 15) is 19.7 Å². The summed E-state index contributed by atoms with van der Waals surface area (Å²) in [4.78, 5) is 0. The molecule has 3 N–H and O–H groups in total. The molecule has 2 atom stereocenters. The van der Waals surface area contributed by atoms with E-state index in [1.54, 1.807) is 0 Å². The van der Waals surface area contributed by atoms with Crippen LogP contribution in [0.5, 0.6) is 5.75 Å². The molecule has 0 spiro atoms. The fourth-order valence-electron chi connectivity index (χ4n) is 1.06. The van der Waals surface area contributed by atoms with Gasteiger partial charge in [-0.3, -0.25) is 0 Å². The molecule has 0 radical (unpaired) electrons. The zero-order valence-corrected chi connectivity index (χ0v) is 7.95. The summed E-state index contributed by atoms with van der Waals surface area (Å²) in [5.74, 6) is -1.18. The third-order valence-corrected chi connectivity index (χ3v) is 2.15. The Kier molecular flexibility index (Phi) is 3.69. The number of aliphatic hydroxyl groups excluding tert-OH is 2. The number of aromatic hydroxyl groups is 1. The fraction of sp³-hybridized carbons (Fsp3) is 0.333. The molecule has 78 valence electrons. The molecule has 0 fully saturated rings. The SMILES string of the molecule is Oc1cc(F)ccc1C(O)C(O)CCl. The van der Waals surface area contributed by atoms with Gasteiger partial charge in [0, 0.05) is 11.6 Å². The number of hydrogen-bond acceptors (Lipinski definition) is 3. The monoisotopic (exact) mass is 220 g/mol. The maximum atomic E-state index is 12.6. The van der Waals surface area contributed by atoms with Gasteiger partial charge in [0.05, 0.1) is 12.0 Å². The largest absolute Gasteiger partial charge is 0.507 e. The predicted molar refractivity (Wildman–Crippen MR) is 49.8 cm³/mol. The molecule has 1 rings (SSSR count). The molecule has 5 heteroatoms. The van der Waals surface area contributed by atoms with Crippen LogP contribution in [-0.4, -0.2) is 27.3 Å². The highest BCUT2D eigenvalue weighted by atomic mass is 35.5. The first-order valence-corrected chi connectivity index (χ1v) is 4.50. The van der Waals surface area contributed by atoms with E-state index < -0.39 is 23.8 Å². The van der Waals surface area contributed by atoms with Gasteiger partial charge in [-0.15, -0.1) is 11.6 Å². The van der Waals surface area contributed by atoms with Gasteiger partial charge >= 0.3 is 0 Å². The Balaban J connectivity index is 2.95. The molecule has 0 bridgehead atoms. The predicted octanol–water partition coefficient (Wildman–Crippen LogP) is 1.16. The minimum atomic E-state index is -1.31. The van der Waals surface area contributed by atoms with Gasteiger partial charge in [0.2, 0.25) is 0 Å². The van der Waals surface area contributed by atoms with Gasteiger partial charge in [0.1, 0.15) is 17.7 Å². The Labute approximate surface area is 85.4 Å². The molecule has 0 aromatic heterocycles. The quantitative estimate of drug-likeness (QED) is 0.670. The van der Waals surface area contributed by atoms with Crippen LogP contribution in [0.25, 0.3) is 0 Å². The molecule has 2 unspecified atom stereocenters. The molecule has 14 heavy (non-hydrogen) atoms. The Morgan fingerprint density at radius 2 is 2.00 bits per heavy atom. The van der Waals surface area contributed by atoms with Crippen molar-refractivity contribution in [2.75, 3.05) is 5.88 Å². The topological polar surface area (TPSA) is 60.7 Å². The summed E-state index contributed by atoms with van der Waals surface area (Å²) in [6.45, 7) is 0. The molecule has 0 amide bonds. The van der Waals surface area contributed by atoms with Crippen LogP contribution < -0.4 is 0 Å². The second-order valence-electron chi connectivity index (χ2n) is 2.87. The lowest BCUT2D eigenvalue weighted by atomic mass is 10.0. The Morgan fingerprint density at radius 3 is 2.50 bits per heavy atom. The summed E-state index contributed by atoms with van der Waals surface area (Å²) in [5, 5.41) is 27.9. The molecule has 0 aliphatic carbocycles. The van der Waals surface area contributed by atoms with Crippen molar-refractivity contribution in [2.45, 2.75) is 12.2 Å². The lowest BCUT2D eigenvalue weighted by Gasteiger charge is -2.16. The van der Waals surface area contributed by atoms with E-state index in [0.717, 1.165) is 12.1 Å². The van der Waals surface area contributed by atoms with Crippen molar-refractivity contribution < 1.29 is 19.7 Å². The summed E-state index contributed by atoms with van der Waals surface area (Å²) in [6.07, 6.45) is -2.50. The number of hydrogen-bond donors (Lipinski definition) is 3. The number of rotatable bonds is 3. The first kappa shape index (κ1) is 11.2. The van der Waals surface area contributed by atoms with Gasteiger partial charge in [-0.2, -0.15) is 0 Å². The van der Waals surface area contributed by atoms with E-state index in [4.69, 9.17) is 11.6 Å². The molecule has 0 saturated carbocycles. The van der Waals surface area contributed by atoms with Crippen LogP contribution >= 0.6 is 11.6 Å². The number of halogens is 2. The second-order valence-corrected chi connectivity index (χ2v) is 3.18. The van der Waals surface area contributed by atoms with Crippen LogP contribution in [0.2, 0.25) is 0 Å². The van der Waals surface area contributed by atoms with Crippen molar-refractivity contribution in [2.24, 2.45) is 0 Å². The highest BCUT2D eigenvalue weighted by Gasteiger charge is 2.20. The summed E-state index contributed by atoms with van der Waals surface area (Å²) in [5.41, 5.74) is 0.0551. The molecular formula is C9H10ClFO3. The molecular weight excluding hydrogens is 211 g/mol. The number of phenols is 1. The summed E-state index contributed by atoms with van der Waals surface area (Å²) < 4.78 is 12.6. The van der Waals surface area contributed by atoms with E-state index in [1.165, 1.54) is 6.07 Å². The molecule has 0 saturated heterocycles. The standard InChI is InChI=1S/C9H10ClFO3/c10-4-8(13)9(14)6-2-1-5(11)3-7(6)12/h1-3,8-9,12-14H,4H2. The average molecular weight is 221 g/mol. The minimum Gasteiger partial charge on any atom is -0.507 e. The third kappa shape index (κ3) is 2.35. The van der Waals surface area contributed by atoms with Crippen LogP contribution in [0.4, 0.5) is 4.39 Å². The van der Waals surface area contributed by atoms with Gasteiger partial charge in [0.25, 0.3) is 0 Å². The Morgan fingerprint density at radius 1 is 1.36 bits per heavy atom. The maximum Gasteiger partial charge on any atom is 0.126 e.